The van der Waals surface area contributed by atoms with Gasteiger partial charge in [-0.25, -0.2) is 0 Å². The third-order valence-corrected chi connectivity index (χ3v) is 9.36. The number of methoxy groups -OCH3 is 1. The fraction of sp³-hybridized carbons (Fsp3) is 0.531. The fourth-order valence-corrected chi connectivity index (χ4v) is 6.87. The normalized spacial score (nSPS) is 23.3. The first-order chi connectivity index (χ1) is 19.4. The summed E-state index contributed by atoms with van der Waals surface area (Å²) < 4.78 is 11.5. The van der Waals surface area contributed by atoms with Crippen molar-refractivity contribution in [2.24, 2.45) is 5.92 Å². The zero-order valence-electron chi connectivity index (χ0n) is 23.3. The average Bonchev–Trinajstić information content (AvgIpc) is 2.99. The average molecular weight is 567 g/mol. The summed E-state index contributed by atoms with van der Waals surface area (Å²) in [5.41, 5.74) is 2.38. The molecule has 2 aromatic carbocycles. The number of ether oxygens (including phenoxy) is 2. The van der Waals surface area contributed by atoms with E-state index in [2.05, 4.69) is 34.5 Å². The first-order valence-corrected chi connectivity index (χ1v) is 14.9. The van der Waals surface area contributed by atoms with E-state index >= 15 is 0 Å². The lowest BCUT2D eigenvalue weighted by molar-refractivity contribution is -0.167. The van der Waals surface area contributed by atoms with Crippen molar-refractivity contribution in [1.29, 1.82) is 0 Å². The number of amides is 1. The van der Waals surface area contributed by atoms with Crippen LogP contribution in [0.4, 0.5) is 5.69 Å². The fourth-order valence-electron chi connectivity index (χ4n) is 6.65. The number of benzene rings is 2. The number of carbonyl (C=O) groups excluding carboxylic acids is 3. The number of hydrogen-bond acceptors (Lipinski definition) is 6. The summed E-state index contributed by atoms with van der Waals surface area (Å²) >= 11 is 6.23. The summed E-state index contributed by atoms with van der Waals surface area (Å²) in [5, 5.41) is 3.10. The van der Waals surface area contributed by atoms with E-state index in [0.29, 0.717) is 42.0 Å². The van der Waals surface area contributed by atoms with Crippen LogP contribution in [0.5, 0.6) is 5.75 Å². The number of halogens is 1. The molecule has 1 atom stereocenters. The Kier molecular flexibility index (Phi) is 9.11. The van der Waals surface area contributed by atoms with Crippen molar-refractivity contribution >= 4 is 35.5 Å². The van der Waals surface area contributed by atoms with Crippen molar-refractivity contribution in [3.8, 4) is 5.75 Å². The molecule has 0 radical (unpaired) electrons. The Labute approximate surface area is 241 Å². The largest absolute Gasteiger partial charge is 0.496 e. The second-order valence-electron chi connectivity index (χ2n) is 11.5. The van der Waals surface area contributed by atoms with Gasteiger partial charge in [-0.3, -0.25) is 19.3 Å². The SMILES string of the molecule is COc1cc(NC(=O)CCCc2ccc(C3(C(=O)OC4CN5CCC4CC5)CCCCC3)cc2)c(Cl)cc1C=O. The second kappa shape index (κ2) is 12.7. The summed E-state index contributed by atoms with van der Waals surface area (Å²) in [6, 6.07) is 11.4. The van der Waals surface area contributed by atoms with Gasteiger partial charge in [0.25, 0.3) is 0 Å². The molecule has 2 bridgehead atoms. The monoisotopic (exact) mass is 566 g/mol. The number of anilines is 1. The van der Waals surface area contributed by atoms with Crippen molar-refractivity contribution in [2.45, 2.75) is 75.7 Å². The molecule has 3 heterocycles. The Balaban J connectivity index is 1.18. The van der Waals surface area contributed by atoms with Crippen molar-refractivity contribution < 1.29 is 23.9 Å². The van der Waals surface area contributed by atoms with Crippen molar-refractivity contribution in [3.05, 3.63) is 58.1 Å². The summed E-state index contributed by atoms with van der Waals surface area (Å²) in [5.74, 6) is 0.670. The Morgan fingerprint density at radius 1 is 1.10 bits per heavy atom. The van der Waals surface area contributed by atoms with E-state index in [-0.39, 0.29) is 23.0 Å². The molecule has 1 unspecified atom stereocenters. The lowest BCUT2D eigenvalue weighted by Gasteiger charge is -2.45. The highest BCUT2D eigenvalue weighted by Crippen LogP contribution is 2.42. The Morgan fingerprint density at radius 2 is 1.82 bits per heavy atom. The van der Waals surface area contributed by atoms with E-state index in [4.69, 9.17) is 21.1 Å². The zero-order valence-corrected chi connectivity index (χ0v) is 24.0. The van der Waals surface area contributed by atoms with E-state index in [1.165, 1.54) is 13.2 Å². The second-order valence-corrected chi connectivity index (χ2v) is 11.9. The number of esters is 1. The molecule has 7 nitrogen and oxygen atoms in total. The summed E-state index contributed by atoms with van der Waals surface area (Å²) in [7, 11) is 1.46. The minimum atomic E-state index is -0.553. The van der Waals surface area contributed by atoms with Gasteiger partial charge in [-0.05, 0) is 74.7 Å². The predicted octanol–water partition coefficient (Wildman–Crippen LogP) is 5.96. The van der Waals surface area contributed by atoms with Gasteiger partial charge in [0.1, 0.15) is 11.9 Å². The lowest BCUT2D eigenvalue weighted by Crippen LogP contribution is -2.53. The van der Waals surface area contributed by atoms with Gasteiger partial charge in [0, 0.05) is 19.0 Å². The molecule has 214 valence electrons. The molecule has 6 rings (SSSR count). The van der Waals surface area contributed by atoms with E-state index in [1.54, 1.807) is 6.07 Å². The van der Waals surface area contributed by atoms with E-state index in [9.17, 15) is 14.4 Å². The van der Waals surface area contributed by atoms with E-state index in [1.807, 2.05) is 0 Å². The zero-order chi connectivity index (χ0) is 28.1. The maximum Gasteiger partial charge on any atom is 0.316 e. The molecule has 0 aromatic heterocycles. The number of rotatable bonds is 10. The number of nitrogens with one attached hydrogen (secondary N) is 1. The van der Waals surface area contributed by atoms with Crippen molar-refractivity contribution in [2.75, 3.05) is 32.1 Å². The van der Waals surface area contributed by atoms with Gasteiger partial charge in [-0.15, -0.1) is 0 Å². The van der Waals surface area contributed by atoms with E-state index < -0.39 is 5.41 Å². The van der Waals surface area contributed by atoms with Crippen LogP contribution in [0.2, 0.25) is 5.02 Å². The van der Waals surface area contributed by atoms with Gasteiger partial charge in [0.15, 0.2) is 6.29 Å². The highest BCUT2D eigenvalue weighted by Gasteiger charge is 2.45. The van der Waals surface area contributed by atoms with Crippen LogP contribution in [0.1, 0.15) is 79.3 Å². The van der Waals surface area contributed by atoms with Gasteiger partial charge in [0.2, 0.25) is 5.91 Å². The molecule has 40 heavy (non-hydrogen) atoms. The van der Waals surface area contributed by atoms with Gasteiger partial charge in [-0.1, -0.05) is 55.1 Å². The number of carbonyl (C=O) groups is 3. The number of nitrogens with zero attached hydrogens (tertiary/aromatic N) is 1. The number of aldehydes is 1. The third-order valence-electron chi connectivity index (χ3n) is 9.05. The number of fused-ring (bicyclic) bond motifs is 3. The van der Waals surface area contributed by atoms with Crippen LogP contribution >= 0.6 is 11.6 Å². The smallest absolute Gasteiger partial charge is 0.316 e. The summed E-state index contributed by atoms with van der Waals surface area (Å²) in [6.07, 6.45) is 9.61. The van der Waals surface area contributed by atoms with Gasteiger partial charge in [0.05, 0.1) is 28.8 Å². The van der Waals surface area contributed by atoms with Gasteiger partial charge in [-0.2, -0.15) is 0 Å². The molecule has 0 spiro atoms. The molecule has 8 heteroatoms. The van der Waals surface area contributed by atoms with Crippen LogP contribution in [-0.2, 0) is 26.2 Å². The van der Waals surface area contributed by atoms with Gasteiger partial charge < -0.3 is 14.8 Å². The van der Waals surface area contributed by atoms with Gasteiger partial charge >= 0.3 is 5.97 Å². The molecular weight excluding hydrogens is 528 g/mol. The van der Waals surface area contributed by atoms with Crippen LogP contribution in [0.15, 0.2) is 36.4 Å². The quantitative estimate of drug-likeness (QED) is 0.282. The maximum absolute atomic E-state index is 13.7. The lowest BCUT2D eigenvalue weighted by atomic mass is 9.69. The minimum absolute atomic E-state index is 0.0261. The van der Waals surface area contributed by atoms with E-state index in [0.717, 1.165) is 82.1 Å². The molecule has 1 saturated carbocycles. The Bertz CT molecular complexity index is 1220. The number of piperidine rings is 3. The molecule has 1 amide bonds. The molecule has 1 aliphatic carbocycles. The third kappa shape index (κ3) is 6.21. The Hall–Kier alpha value is -2.90. The summed E-state index contributed by atoms with van der Waals surface area (Å²) in [4.78, 5) is 39.9. The standard InChI is InChI=1S/C32H39ClN2O5/c1-39-28-19-27(26(33)18-24(28)21-36)34-30(37)7-5-6-22-8-10-25(11-9-22)32(14-3-2-4-15-32)31(38)40-29-20-35-16-12-23(29)13-17-35/h8-11,18-19,21,23,29H,2-7,12-17,20H2,1H3,(H,34,37). The first kappa shape index (κ1) is 28.6. The van der Waals surface area contributed by atoms with Crippen molar-refractivity contribution in [3.63, 3.8) is 0 Å². The van der Waals surface area contributed by atoms with Crippen LogP contribution in [0.25, 0.3) is 0 Å². The maximum atomic E-state index is 13.7. The highest BCUT2D eigenvalue weighted by molar-refractivity contribution is 6.34. The predicted molar refractivity (Wildman–Crippen MR) is 155 cm³/mol. The Morgan fingerprint density at radius 3 is 2.45 bits per heavy atom. The van der Waals surface area contributed by atoms with Crippen molar-refractivity contribution in [1.82, 2.24) is 4.90 Å². The topological polar surface area (TPSA) is 84.9 Å². The molecule has 3 aliphatic heterocycles. The number of aryl methyl sites for hydroxylation is 1. The molecular formula is C32H39ClN2O5. The minimum Gasteiger partial charge on any atom is -0.496 e. The molecule has 4 aliphatic rings. The summed E-state index contributed by atoms with van der Waals surface area (Å²) in [6.45, 7) is 3.14. The van der Waals surface area contributed by atoms with Crippen LogP contribution in [0, 0.1) is 5.92 Å². The molecule has 4 fully saturated rings. The first-order valence-electron chi connectivity index (χ1n) is 14.6. The van der Waals surface area contributed by atoms with Crippen LogP contribution in [-0.4, -0.2) is 55.9 Å². The number of hydrogen-bond donors (Lipinski definition) is 1. The van der Waals surface area contributed by atoms with Crippen LogP contribution < -0.4 is 10.1 Å². The highest BCUT2D eigenvalue weighted by atomic mass is 35.5. The van der Waals surface area contributed by atoms with Crippen LogP contribution in [0.3, 0.4) is 0 Å². The molecule has 1 N–H and O–H groups in total. The molecule has 2 aromatic rings. The molecule has 3 saturated heterocycles.